The van der Waals surface area contributed by atoms with E-state index in [-0.39, 0.29) is 23.6 Å². The van der Waals surface area contributed by atoms with Crippen molar-refractivity contribution in [3.63, 3.8) is 0 Å². The van der Waals surface area contributed by atoms with Crippen LogP contribution in [0.5, 0.6) is 0 Å². The highest BCUT2D eigenvalue weighted by Gasteiger charge is 2.22. The maximum atomic E-state index is 13.0. The third-order valence-electron chi connectivity index (χ3n) is 4.90. The van der Waals surface area contributed by atoms with E-state index in [0.29, 0.717) is 16.4 Å². The molecule has 0 radical (unpaired) electrons. The van der Waals surface area contributed by atoms with Gasteiger partial charge in [0.05, 0.1) is 22.0 Å². The minimum Gasteiger partial charge on any atom is -0.333 e. The van der Waals surface area contributed by atoms with Crippen LogP contribution in [0.4, 0.5) is 5.69 Å². The molecule has 0 aliphatic heterocycles. The molecule has 0 saturated carbocycles. The normalized spacial score (nSPS) is 12.0. The first-order valence-corrected chi connectivity index (χ1v) is 11.6. The zero-order valence-corrected chi connectivity index (χ0v) is 19.4. The Bertz CT molecular complexity index is 1220. The molecule has 4 rings (SSSR count). The summed E-state index contributed by atoms with van der Waals surface area (Å²) in [5.41, 5.74) is 2.09. The first-order valence-electron chi connectivity index (χ1n) is 9.80. The Morgan fingerprint density at radius 2 is 1.94 bits per heavy atom. The van der Waals surface area contributed by atoms with E-state index in [1.54, 1.807) is 54.6 Å². The predicted octanol–water partition coefficient (Wildman–Crippen LogP) is 3.38. The van der Waals surface area contributed by atoms with Crippen LogP contribution in [0.25, 0.3) is 10.2 Å². The number of aromatic nitrogens is 5. The number of benzene rings is 2. The van der Waals surface area contributed by atoms with Crippen molar-refractivity contribution in [1.82, 2.24) is 30.1 Å². The van der Waals surface area contributed by atoms with E-state index >= 15 is 0 Å². The summed E-state index contributed by atoms with van der Waals surface area (Å²) in [5, 5.41) is 15.4. The number of tetrazole rings is 1. The smallest absolute Gasteiger partial charge is 0.254 e. The van der Waals surface area contributed by atoms with E-state index in [4.69, 9.17) is 0 Å². The summed E-state index contributed by atoms with van der Waals surface area (Å²) >= 11 is 2.84. The molecule has 32 heavy (non-hydrogen) atoms. The average Bonchev–Trinajstić information content (AvgIpc) is 3.42. The van der Waals surface area contributed by atoms with E-state index in [1.165, 1.54) is 16.4 Å². The van der Waals surface area contributed by atoms with Crippen molar-refractivity contribution in [2.45, 2.75) is 18.1 Å². The predicted molar refractivity (Wildman–Crippen MR) is 125 cm³/mol. The number of thioether (sulfide) groups is 1. The number of carbonyl (C=O) groups excluding carboxylic acids is 2. The lowest BCUT2D eigenvalue weighted by molar-refractivity contribution is -0.113. The molecule has 0 spiro atoms. The van der Waals surface area contributed by atoms with Crippen LogP contribution in [0.3, 0.4) is 0 Å². The number of nitrogens with zero attached hydrogens (tertiary/aromatic N) is 6. The summed E-state index contributed by atoms with van der Waals surface area (Å²) in [6, 6.07) is 14.6. The number of hydrogen-bond donors (Lipinski definition) is 1. The summed E-state index contributed by atoms with van der Waals surface area (Å²) in [4.78, 5) is 31.5. The van der Waals surface area contributed by atoms with Gasteiger partial charge >= 0.3 is 0 Å². The molecule has 2 aromatic heterocycles. The maximum Gasteiger partial charge on any atom is 0.254 e. The largest absolute Gasteiger partial charge is 0.333 e. The Hall–Kier alpha value is -3.31. The van der Waals surface area contributed by atoms with Gasteiger partial charge in [-0.1, -0.05) is 23.9 Å². The fourth-order valence-electron chi connectivity index (χ4n) is 2.98. The van der Waals surface area contributed by atoms with E-state index in [0.717, 1.165) is 15.2 Å². The third kappa shape index (κ3) is 4.78. The molecule has 164 valence electrons. The molecule has 0 bridgehead atoms. The van der Waals surface area contributed by atoms with Gasteiger partial charge in [0.25, 0.3) is 5.91 Å². The van der Waals surface area contributed by atoms with Crippen LogP contribution in [-0.2, 0) is 11.8 Å². The molecule has 0 saturated heterocycles. The fourth-order valence-corrected chi connectivity index (χ4v) is 4.69. The molecular weight excluding hydrogens is 446 g/mol. The minimum absolute atomic E-state index is 0.111. The molecule has 1 atom stereocenters. The number of amides is 2. The Morgan fingerprint density at radius 1 is 1.19 bits per heavy atom. The first-order chi connectivity index (χ1) is 15.4. The number of anilines is 1. The third-order valence-corrected chi connectivity index (χ3v) is 7.12. The van der Waals surface area contributed by atoms with Crippen LogP contribution in [-0.4, -0.2) is 54.7 Å². The molecule has 4 aromatic rings. The molecule has 0 unspecified atom stereocenters. The molecule has 2 aromatic carbocycles. The minimum atomic E-state index is -0.182. The van der Waals surface area contributed by atoms with Crippen LogP contribution in [0, 0.1) is 0 Å². The number of fused-ring (bicyclic) bond motifs is 1. The van der Waals surface area contributed by atoms with Gasteiger partial charge in [0.15, 0.2) is 0 Å². The number of nitrogens with one attached hydrogen (secondary N) is 1. The molecule has 2 heterocycles. The van der Waals surface area contributed by atoms with Gasteiger partial charge < -0.3 is 10.2 Å². The Balaban J connectivity index is 1.36. The monoisotopic (exact) mass is 467 g/mol. The summed E-state index contributed by atoms with van der Waals surface area (Å²) in [6.45, 7) is 1.97. The van der Waals surface area contributed by atoms with E-state index in [2.05, 4.69) is 25.8 Å². The number of carbonyl (C=O) groups is 2. The number of para-hydroxylation sites is 1. The quantitative estimate of drug-likeness (QED) is 0.415. The zero-order chi connectivity index (χ0) is 22.7. The van der Waals surface area contributed by atoms with Crippen LogP contribution in [0.2, 0.25) is 0 Å². The second-order valence-corrected chi connectivity index (χ2v) is 9.12. The van der Waals surface area contributed by atoms with Gasteiger partial charge in [-0.05, 0) is 53.7 Å². The SMILES string of the molecule is C[C@H](c1nc2ccccc2s1)N(C)C(=O)c1ccc(NC(=O)CSc2nnnn2C)cc1. The lowest BCUT2D eigenvalue weighted by atomic mass is 10.1. The highest BCUT2D eigenvalue weighted by atomic mass is 32.2. The van der Waals surface area contributed by atoms with Crippen molar-refractivity contribution < 1.29 is 9.59 Å². The molecule has 0 aliphatic rings. The zero-order valence-electron chi connectivity index (χ0n) is 17.7. The number of aryl methyl sites for hydroxylation is 1. The topological polar surface area (TPSA) is 106 Å². The van der Waals surface area contributed by atoms with Crippen molar-refractivity contribution >= 4 is 50.8 Å². The van der Waals surface area contributed by atoms with Gasteiger partial charge in [0.1, 0.15) is 5.01 Å². The molecule has 0 aliphatic carbocycles. The molecule has 1 N–H and O–H groups in total. The van der Waals surface area contributed by atoms with E-state index in [9.17, 15) is 9.59 Å². The Kier molecular flexibility index (Phi) is 6.47. The number of thiazole rings is 1. The van der Waals surface area contributed by atoms with Gasteiger partial charge in [-0.2, -0.15) is 0 Å². The summed E-state index contributed by atoms with van der Waals surface area (Å²) in [5.74, 6) is -0.115. The van der Waals surface area contributed by atoms with Crippen LogP contribution < -0.4 is 5.32 Å². The van der Waals surface area contributed by atoms with Gasteiger partial charge in [-0.25, -0.2) is 9.67 Å². The van der Waals surface area contributed by atoms with E-state index in [1.807, 2.05) is 31.2 Å². The standard InChI is InChI=1S/C21H21N7O2S2/c1-13(19-23-16-6-4-5-7-17(16)32-19)27(2)20(30)14-8-10-15(11-9-14)22-18(29)12-31-21-24-25-26-28(21)3/h4-11,13H,12H2,1-3H3,(H,22,29)/t13-/m1/s1. The Labute approximate surface area is 192 Å². The van der Waals surface area contributed by atoms with Crippen molar-refractivity contribution in [3.05, 3.63) is 59.1 Å². The first kappa shape index (κ1) is 21.9. The van der Waals surface area contributed by atoms with Gasteiger partial charge in [0.2, 0.25) is 11.1 Å². The lowest BCUT2D eigenvalue weighted by Gasteiger charge is -2.23. The lowest BCUT2D eigenvalue weighted by Crippen LogP contribution is -2.29. The summed E-state index contributed by atoms with van der Waals surface area (Å²) in [6.07, 6.45) is 0. The van der Waals surface area contributed by atoms with Crippen molar-refractivity contribution in [2.24, 2.45) is 7.05 Å². The van der Waals surface area contributed by atoms with Crippen LogP contribution in [0.1, 0.15) is 28.3 Å². The van der Waals surface area contributed by atoms with Crippen LogP contribution >= 0.6 is 23.1 Å². The van der Waals surface area contributed by atoms with Crippen molar-refractivity contribution in [3.8, 4) is 0 Å². The van der Waals surface area contributed by atoms with E-state index < -0.39 is 0 Å². The second-order valence-electron chi connectivity index (χ2n) is 7.11. The van der Waals surface area contributed by atoms with Gasteiger partial charge in [-0.15, -0.1) is 16.4 Å². The average molecular weight is 468 g/mol. The highest BCUT2D eigenvalue weighted by molar-refractivity contribution is 7.99. The van der Waals surface area contributed by atoms with Gasteiger partial charge in [0, 0.05) is 25.3 Å². The van der Waals surface area contributed by atoms with Crippen molar-refractivity contribution in [2.75, 3.05) is 18.1 Å². The maximum absolute atomic E-state index is 13.0. The molecule has 11 heteroatoms. The number of hydrogen-bond acceptors (Lipinski definition) is 8. The van der Waals surface area contributed by atoms with Crippen LogP contribution in [0.15, 0.2) is 53.7 Å². The summed E-state index contributed by atoms with van der Waals surface area (Å²) < 4.78 is 2.60. The molecule has 2 amide bonds. The molecule has 9 nitrogen and oxygen atoms in total. The molecular formula is C21H21N7O2S2. The molecule has 0 fully saturated rings. The highest BCUT2D eigenvalue weighted by Crippen LogP contribution is 2.29. The van der Waals surface area contributed by atoms with Crippen molar-refractivity contribution in [1.29, 1.82) is 0 Å². The fraction of sp³-hybridized carbons (Fsp3) is 0.238. The number of rotatable bonds is 7. The second kappa shape index (κ2) is 9.45. The Morgan fingerprint density at radius 3 is 2.62 bits per heavy atom. The van der Waals surface area contributed by atoms with Gasteiger partial charge in [-0.3, -0.25) is 9.59 Å². The summed E-state index contributed by atoms with van der Waals surface area (Å²) in [7, 11) is 3.48.